The molecule has 1 aromatic heterocycles. The number of nitrogens with one attached hydrogen (secondary N) is 1. The molecule has 0 fully saturated rings. The van der Waals surface area contributed by atoms with Crippen LogP contribution in [0.2, 0.25) is 5.02 Å². The Labute approximate surface area is 202 Å². The molecule has 4 rings (SSSR count). The van der Waals surface area contributed by atoms with Gasteiger partial charge in [0.15, 0.2) is 5.16 Å². The van der Waals surface area contributed by atoms with E-state index < -0.39 is 10.8 Å². The van der Waals surface area contributed by atoms with Crippen LogP contribution in [0.4, 0.5) is 11.4 Å². The number of rotatable bonds is 7. The van der Waals surface area contributed by atoms with Gasteiger partial charge < -0.3 is 10.1 Å². The van der Waals surface area contributed by atoms with Gasteiger partial charge >= 0.3 is 0 Å². The summed E-state index contributed by atoms with van der Waals surface area (Å²) in [6, 6.07) is 17.6. The van der Waals surface area contributed by atoms with Crippen LogP contribution in [0.3, 0.4) is 0 Å². The molecule has 9 nitrogen and oxygen atoms in total. The number of nitro groups is 1. The Morgan fingerprint density at radius 3 is 2.68 bits per heavy atom. The fraction of sp³-hybridized carbons (Fsp3) is 0.0870. The fourth-order valence-corrected chi connectivity index (χ4v) is 4.29. The summed E-state index contributed by atoms with van der Waals surface area (Å²) in [5, 5.41) is 14.8. The Hall–Kier alpha value is -3.89. The van der Waals surface area contributed by atoms with Crippen molar-refractivity contribution in [2.45, 2.75) is 5.16 Å². The highest BCUT2D eigenvalue weighted by Gasteiger charge is 2.19. The standard InChI is InChI=1S/C23H17ClN4O5S/c1-33-20-9-5-4-8-19(20)27-22(30)15-11-10-14(24)12-17(15)26-23(27)34-13-21(29)25-16-6-2-3-7-18(16)28(31)32/h2-12H,13H2,1H3,(H,25,29). The Kier molecular flexibility index (Phi) is 6.80. The van der Waals surface area contributed by atoms with Crippen LogP contribution in [0, 0.1) is 10.1 Å². The molecule has 0 bridgehead atoms. The van der Waals surface area contributed by atoms with Crippen LogP contribution >= 0.6 is 23.4 Å². The van der Waals surface area contributed by atoms with E-state index in [2.05, 4.69) is 10.3 Å². The van der Waals surface area contributed by atoms with Gasteiger partial charge in [-0.3, -0.25) is 24.3 Å². The number of aromatic nitrogens is 2. The van der Waals surface area contributed by atoms with Crippen molar-refractivity contribution in [2.24, 2.45) is 0 Å². The number of anilines is 1. The molecule has 0 aliphatic heterocycles. The Morgan fingerprint density at radius 2 is 1.91 bits per heavy atom. The minimum atomic E-state index is -0.573. The number of nitro benzene ring substituents is 1. The van der Waals surface area contributed by atoms with Gasteiger partial charge in [-0.15, -0.1) is 0 Å². The van der Waals surface area contributed by atoms with Crippen LogP contribution in [0.25, 0.3) is 16.6 Å². The monoisotopic (exact) mass is 496 g/mol. The Morgan fingerprint density at radius 1 is 1.18 bits per heavy atom. The van der Waals surface area contributed by atoms with E-state index in [9.17, 15) is 19.7 Å². The van der Waals surface area contributed by atoms with Gasteiger partial charge in [-0.05, 0) is 36.4 Å². The van der Waals surface area contributed by atoms with Crippen molar-refractivity contribution in [1.29, 1.82) is 0 Å². The molecule has 0 saturated heterocycles. The summed E-state index contributed by atoms with van der Waals surface area (Å²) in [5.41, 5.74) is 0.350. The normalized spacial score (nSPS) is 10.8. The zero-order valence-electron chi connectivity index (χ0n) is 17.7. The van der Waals surface area contributed by atoms with E-state index >= 15 is 0 Å². The van der Waals surface area contributed by atoms with Crippen molar-refractivity contribution in [3.8, 4) is 11.4 Å². The van der Waals surface area contributed by atoms with Gasteiger partial charge in [0.1, 0.15) is 11.4 Å². The second-order valence-corrected chi connectivity index (χ2v) is 8.36. The van der Waals surface area contributed by atoms with Crippen LogP contribution in [0.15, 0.2) is 76.7 Å². The van der Waals surface area contributed by atoms with Crippen LogP contribution in [-0.2, 0) is 4.79 Å². The molecule has 4 aromatic rings. The molecule has 1 N–H and O–H groups in total. The summed E-state index contributed by atoms with van der Waals surface area (Å²) < 4.78 is 6.79. The number of methoxy groups -OCH3 is 1. The predicted octanol–water partition coefficient (Wildman–Crippen LogP) is 4.69. The maximum absolute atomic E-state index is 13.4. The number of halogens is 1. The SMILES string of the molecule is COc1ccccc1-n1c(SCC(=O)Nc2ccccc2[N+](=O)[O-])nc2cc(Cl)ccc2c1=O. The molecule has 11 heteroatoms. The van der Waals surface area contributed by atoms with Crippen LogP contribution < -0.4 is 15.6 Å². The first kappa shape index (κ1) is 23.3. The summed E-state index contributed by atoms with van der Waals surface area (Å²) in [7, 11) is 1.49. The van der Waals surface area contributed by atoms with E-state index in [1.165, 1.54) is 29.9 Å². The average Bonchev–Trinajstić information content (AvgIpc) is 2.83. The molecule has 0 aliphatic carbocycles. The molecule has 0 atom stereocenters. The smallest absolute Gasteiger partial charge is 0.292 e. The van der Waals surface area contributed by atoms with E-state index in [0.29, 0.717) is 27.4 Å². The highest BCUT2D eigenvalue weighted by Crippen LogP contribution is 2.28. The summed E-state index contributed by atoms with van der Waals surface area (Å²) >= 11 is 7.10. The molecule has 0 saturated carbocycles. The van der Waals surface area contributed by atoms with Crippen LogP contribution in [-0.4, -0.2) is 33.2 Å². The van der Waals surface area contributed by atoms with Crippen molar-refractivity contribution in [1.82, 2.24) is 9.55 Å². The van der Waals surface area contributed by atoms with Gasteiger partial charge in [0, 0.05) is 11.1 Å². The second kappa shape index (κ2) is 9.94. The van der Waals surface area contributed by atoms with Gasteiger partial charge in [0.25, 0.3) is 11.2 Å². The zero-order chi connectivity index (χ0) is 24.2. The molecule has 0 radical (unpaired) electrons. The van der Waals surface area contributed by atoms with Crippen LogP contribution in [0.1, 0.15) is 0 Å². The maximum atomic E-state index is 13.4. The molecule has 34 heavy (non-hydrogen) atoms. The van der Waals surface area contributed by atoms with Crippen molar-refractivity contribution in [2.75, 3.05) is 18.2 Å². The topological polar surface area (TPSA) is 116 Å². The minimum Gasteiger partial charge on any atom is -0.495 e. The van der Waals surface area contributed by atoms with Crippen molar-refractivity contribution in [3.05, 3.63) is 92.2 Å². The zero-order valence-corrected chi connectivity index (χ0v) is 19.3. The van der Waals surface area contributed by atoms with Gasteiger partial charge in [0.2, 0.25) is 5.91 Å². The number of carbonyl (C=O) groups excluding carboxylic acids is 1. The summed E-state index contributed by atoms with van der Waals surface area (Å²) in [6.45, 7) is 0. The third kappa shape index (κ3) is 4.73. The average molecular weight is 497 g/mol. The van der Waals surface area contributed by atoms with Gasteiger partial charge in [-0.25, -0.2) is 4.98 Å². The molecule has 3 aromatic carbocycles. The number of benzene rings is 3. The molecule has 1 heterocycles. The Balaban J connectivity index is 1.72. The number of hydrogen-bond acceptors (Lipinski definition) is 7. The van der Waals surface area contributed by atoms with Crippen molar-refractivity contribution in [3.63, 3.8) is 0 Å². The van der Waals surface area contributed by atoms with E-state index in [4.69, 9.17) is 16.3 Å². The largest absolute Gasteiger partial charge is 0.495 e. The third-order valence-corrected chi connectivity index (χ3v) is 6.01. The number of hydrogen-bond donors (Lipinski definition) is 1. The van der Waals surface area contributed by atoms with Gasteiger partial charge in [-0.2, -0.15) is 0 Å². The highest BCUT2D eigenvalue weighted by molar-refractivity contribution is 7.99. The third-order valence-electron chi connectivity index (χ3n) is 4.83. The predicted molar refractivity (Wildman–Crippen MR) is 131 cm³/mol. The second-order valence-electron chi connectivity index (χ2n) is 6.98. The lowest BCUT2D eigenvalue weighted by Gasteiger charge is -2.15. The number of nitrogens with zero attached hydrogens (tertiary/aromatic N) is 3. The number of amides is 1. The number of carbonyl (C=O) groups is 1. The first-order chi connectivity index (χ1) is 16.4. The van der Waals surface area contributed by atoms with Gasteiger partial charge in [-0.1, -0.05) is 47.6 Å². The molecular formula is C23H17ClN4O5S. The molecular weight excluding hydrogens is 480 g/mol. The molecule has 0 spiro atoms. The van der Waals surface area contributed by atoms with E-state index in [-0.39, 0.29) is 27.8 Å². The quantitative estimate of drug-likeness (QED) is 0.171. The van der Waals surface area contributed by atoms with E-state index in [0.717, 1.165) is 11.8 Å². The lowest BCUT2D eigenvalue weighted by Crippen LogP contribution is -2.23. The van der Waals surface area contributed by atoms with E-state index in [1.54, 1.807) is 48.5 Å². The molecule has 172 valence electrons. The number of para-hydroxylation sites is 4. The first-order valence-electron chi connectivity index (χ1n) is 9.91. The summed E-state index contributed by atoms with van der Waals surface area (Å²) in [5.74, 6) is -0.197. The number of ether oxygens (including phenoxy) is 1. The molecule has 1 amide bonds. The van der Waals surface area contributed by atoms with E-state index in [1.807, 2.05) is 0 Å². The summed E-state index contributed by atoms with van der Waals surface area (Å²) in [4.78, 5) is 41.2. The van der Waals surface area contributed by atoms with Crippen molar-refractivity contribution >= 4 is 51.5 Å². The number of thioether (sulfide) groups is 1. The first-order valence-corrected chi connectivity index (χ1v) is 11.3. The maximum Gasteiger partial charge on any atom is 0.292 e. The Bertz CT molecular complexity index is 1470. The number of fused-ring (bicyclic) bond motifs is 1. The highest BCUT2D eigenvalue weighted by atomic mass is 35.5. The summed E-state index contributed by atoms with van der Waals surface area (Å²) in [6.07, 6.45) is 0. The van der Waals surface area contributed by atoms with Crippen LogP contribution in [0.5, 0.6) is 5.75 Å². The minimum absolute atomic E-state index is 0.0819. The molecule has 0 aliphatic rings. The molecule has 0 unspecified atom stereocenters. The lowest BCUT2D eigenvalue weighted by atomic mass is 10.2. The van der Waals surface area contributed by atoms with Gasteiger partial charge in [0.05, 0.1) is 34.4 Å². The van der Waals surface area contributed by atoms with Crippen molar-refractivity contribution < 1.29 is 14.5 Å². The lowest BCUT2D eigenvalue weighted by molar-refractivity contribution is -0.383. The fourth-order valence-electron chi connectivity index (χ4n) is 3.32.